The molecule has 0 saturated carbocycles. The number of fused-ring (bicyclic) bond motifs is 1. The van der Waals surface area contributed by atoms with Crippen LogP contribution in [-0.2, 0) is 4.74 Å². The first-order valence-corrected chi connectivity index (χ1v) is 6.94. The van der Waals surface area contributed by atoms with Crippen molar-refractivity contribution in [2.75, 3.05) is 19.8 Å². The molecule has 1 aromatic carbocycles. The van der Waals surface area contributed by atoms with Crippen LogP contribution >= 0.6 is 11.6 Å². The highest BCUT2D eigenvalue weighted by molar-refractivity contribution is 6.49. The number of carbonyl (C=O) groups excluding carboxylic acids is 2. The van der Waals surface area contributed by atoms with Gasteiger partial charge in [0.25, 0.3) is 0 Å². The molecule has 0 heterocycles. The van der Waals surface area contributed by atoms with Crippen LogP contribution in [0.5, 0.6) is 0 Å². The summed E-state index contributed by atoms with van der Waals surface area (Å²) in [5.74, 6) is -0.546. The van der Waals surface area contributed by atoms with Crippen molar-refractivity contribution in [2.45, 2.75) is 13.3 Å². The summed E-state index contributed by atoms with van der Waals surface area (Å²) >= 11 is 6.01. The maximum absolute atomic E-state index is 12.3. The number of Topliss-reactive ketones (excluding diaryl/α,β-unsaturated/α-hetero) is 2. The summed E-state index contributed by atoms with van der Waals surface area (Å²) in [5.41, 5.74) is 0.948. The summed E-state index contributed by atoms with van der Waals surface area (Å²) in [5, 5.41) is 2.91. The zero-order chi connectivity index (χ0) is 14.5. The molecule has 0 bridgehead atoms. The molecule has 1 N–H and O–H groups in total. The Labute approximate surface area is 122 Å². The van der Waals surface area contributed by atoms with Crippen LogP contribution in [0.2, 0.25) is 0 Å². The van der Waals surface area contributed by atoms with Crippen LogP contribution in [0.3, 0.4) is 0 Å². The van der Waals surface area contributed by atoms with E-state index in [1.54, 1.807) is 24.3 Å². The van der Waals surface area contributed by atoms with Gasteiger partial charge in [0.2, 0.25) is 11.6 Å². The molecule has 4 nitrogen and oxygen atoms in total. The molecule has 106 valence electrons. The maximum atomic E-state index is 12.3. The summed E-state index contributed by atoms with van der Waals surface area (Å²) in [7, 11) is 0. The van der Waals surface area contributed by atoms with Gasteiger partial charge in [-0.1, -0.05) is 35.9 Å². The van der Waals surface area contributed by atoms with E-state index in [2.05, 4.69) is 5.32 Å². The van der Waals surface area contributed by atoms with E-state index in [0.29, 0.717) is 30.9 Å². The van der Waals surface area contributed by atoms with Crippen molar-refractivity contribution >= 4 is 23.2 Å². The Morgan fingerprint density at radius 1 is 1.15 bits per heavy atom. The van der Waals surface area contributed by atoms with Gasteiger partial charge in [0, 0.05) is 30.9 Å². The number of nitrogens with one attached hydrogen (secondary N) is 1. The first-order chi connectivity index (χ1) is 9.66. The summed E-state index contributed by atoms with van der Waals surface area (Å²) in [6.45, 7) is 3.72. The minimum absolute atomic E-state index is 0.0369. The van der Waals surface area contributed by atoms with E-state index in [9.17, 15) is 9.59 Å². The van der Waals surface area contributed by atoms with Crippen LogP contribution in [-0.4, -0.2) is 31.3 Å². The summed E-state index contributed by atoms with van der Waals surface area (Å²) in [4.78, 5) is 24.4. The molecular formula is C15H16ClNO3. The predicted octanol–water partition coefficient (Wildman–Crippen LogP) is 2.53. The molecule has 5 heteroatoms. The van der Waals surface area contributed by atoms with E-state index in [-0.39, 0.29) is 22.3 Å². The van der Waals surface area contributed by atoms with Crippen molar-refractivity contribution < 1.29 is 14.3 Å². The Balaban J connectivity index is 2.11. The number of ether oxygens (including phenoxy) is 1. The number of benzene rings is 1. The van der Waals surface area contributed by atoms with Crippen molar-refractivity contribution in [1.29, 1.82) is 0 Å². The molecule has 0 spiro atoms. The van der Waals surface area contributed by atoms with Gasteiger partial charge in [-0.2, -0.15) is 0 Å². The molecule has 0 unspecified atom stereocenters. The lowest BCUT2D eigenvalue weighted by atomic mass is 9.92. The summed E-state index contributed by atoms with van der Waals surface area (Å²) in [6.07, 6.45) is 0.741. The monoisotopic (exact) mass is 293 g/mol. The minimum Gasteiger partial charge on any atom is -0.382 e. The maximum Gasteiger partial charge on any atom is 0.211 e. The standard InChI is InChI=1S/C15H16ClNO3/c1-2-20-9-5-8-17-13-12(16)14(18)10-6-3-4-7-11(10)15(13)19/h3-4,6-7,17H,2,5,8-9H2,1H3. The van der Waals surface area contributed by atoms with Crippen LogP contribution in [0.15, 0.2) is 35.0 Å². The Hall–Kier alpha value is -1.65. The average molecular weight is 294 g/mol. The number of hydrogen-bond acceptors (Lipinski definition) is 4. The Morgan fingerprint density at radius 3 is 2.45 bits per heavy atom. The second-order valence-electron chi connectivity index (χ2n) is 4.37. The van der Waals surface area contributed by atoms with Gasteiger partial charge in [0.15, 0.2) is 0 Å². The van der Waals surface area contributed by atoms with Gasteiger partial charge in [-0.25, -0.2) is 0 Å². The first-order valence-electron chi connectivity index (χ1n) is 6.56. The number of ketones is 2. The fourth-order valence-electron chi connectivity index (χ4n) is 2.04. The zero-order valence-electron chi connectivity index (χ0n) is 11.2. The van der Waals surface area contributed by atoms with Crippen molar-refractivity contribution in [3.63, 3.8) is 0 Å². The SMILES string of the molecule is CCOCCCNC1=C(Cl)C(=O)c2ccccc2C1=O. The number of hydrogen-bond donors (Lipinski definition) is 1. The zero-order valence-corrected chi connectivity index (χ0v) is 12.0. The van der Waals surface area contributed by atoms with Crippen molar-refractivity contribution in [3.05, 3.63) is 46.1 Å². The van der Waals surface area contributed by atoms with Crippen molar-refractivity contribution in [1.82, 2.24) is 5.32 Å². The third-order valence-electron chi connectivity index (χ3n) is 3.03. The Kier molecular flexibility index (Phi) is 4.93. The molecular weight excluding hydrogens is 278 g/mol. The molecule has 1 aliphatic carbocycles. The number of rotatable bonds is 6. The number of halogens is 1. The van der Waals surface area contributed by atoms with Gasteiger partial charge in [0.05, 0.1) is 0 Å². The van der Waals surface area contributed by atoms with Gasteiger partial charge < -0.3 is 10.1 Å². The molecule has 0 fully saturated rings. The molecule has 0 atom stereocenters. The van der Waals surface area contributed by atoms with Crippen molar-refractivity contribution in [3.8, 4) is 0 Å². The molecule has 1 aliphatic rings. The molecule has 0 amide bonds. The lowest BCUT2D eigenvalue weighted by molar-refractivity contribution is 0.0973. The van der Waals surface area contributed by atoms with E-state index < -0.39 is 0 Å². The predicted molar refractivity (Wildman–Crippen MR) is 77.1 cm³/mol. The molecule has 0 radical (unpaired) electrons. The smallest absolute Gasteiger partial charge is 0.211 e. The highest BCUT2D eigenvalue weighted by Crippen LogP contribution is 2.26. The molecule has 20 heavy (non-hydrogen) atoms. The van der Waals surface area contributed by atoms with Crippen LogP contribution < -0.4 is 5.32 Å². The van der Waals surface area contributed by atoms with Gasteiger partial charge in [-0.15, -0.1) is 0 Å². The molecule has 2 rings (SSSR count). The second-order valence-corrected chi connectivity index (χ2v) is 4.75. The van der Waals surface area contributed by atoms with E-state index in [0.717, 1.165) is 6.42 Å². The normalized spacial score (nSPS) is 14.5. The van der Waals surface area contributed by atoms with Crippen LogP contribution in [0.1, 0.15) is 34.1 Å². The third-order valence-corrected chi connectivity index (χ3v) is 3.39. The fourth-order valence-corrected chi connectivity index (χ4v) is 2.29. The minimum atomic E-state index is -0.311. The average Bonchev–Trinajstić information content (AvgIpc) is 2.48. The summed E-state index contributed by atoms with van der Waals surface area (Å²) in [6, 6.07) is 6.70. The van der Waals surface area contributed by atoms with E-state index in [1.165, 1.54) is 0 Å². The van der Waals surface area contributed by atoms with Gasteiger partial charge in [0.1, 0.15) is 10.7 Å². The van der Waals surface area contributed by atoms with E-state index in [1.807, 2.05) is 6.92 Å². The number of allylic oxidation sites excluding steroid dienone is 2. The van der Waals surface area contributed by atoms with Gasteiger partial charge in [-0.05, 0) is 13.3 Å². The molecule has 1 aromatic rings. The largest absolute Gasteiger partial charge is 0.382 e. The highest BCUT2D eigenvalue weighted by Gasteiger charge is 2.30. The Bertz CT molecular complexity index is 566. The molecule has 0 aromatic heterocycles. The van der Waals surface area contributed by atoms with Crippen LogP contribution in [0, 0.1) is 0 Å². The van der Waals surface area contributed by atoms with Crippen molar-refractivity contribution in [2.24, 2.45) is 0 Å². The molecule has 0 saturated heterocycles. The number of carbonyl (C=O) groups is 2. The second kappa shape index (κ2) is 6.68. The van der Waals surface area contributed by atoms with E-state index in [4.69, 9.17) is 16.3 Å². The highest BCUT2D eigenvalue weighted by atomic mass is 35.5. The van der Waals surface area contributed by atoms with Crippen LogP contribution in [0.4, 0.5) is 0 Å². The fraction of sp³-hybridized carbons (Fsp3) is 0.333. The lowest BCUT2D eigenvalue weighted by Gasteiger charge is -2.18. The third kappa shape index (κ3) is 2.92. The van der Waals surface area contributed by atoms with Crippen LogP contribution in [0.25, 0.3) is 0 Å². The lowest BCUT2D eigenvalue weighted by Crippen LogP contribution is -2.30. The topological polar surface area (TPSA) is 55.4 Å². The van der Waals surface area contributed by atoms with Gasteiger partial charge >= 0.3 is 0 Å². The Morgan fingerprint density at radius 2 is 1.80 bits per heavy atom. The quantitative estimate of drug-likeness (QED) is 0.819. The van der Waals surface area contributed by atoms with E-state index >= 15 is 0 Å². The first kappa shape index (κ1) is 14.8. The molecule has 0 aliphatic heterocycles. The summed E-state index contributed by atoms with van der Waals surface area (Å²) < 4.78 is 5.21. The van der Waals surface area contributed by atoms with Gasteiger partial charge in [-0.3, -0.25) is 9.59 Å².